The van der Waals surface area contributed by atoms with E-state index in [1.165, 1.54) is 12.1 Å². The monoisotopic (exact) mass is 339 g/mol. The van der Waals surface area contributed by atoms with Gasteiger partial charge in [-0.15, -0.1) is 0 Å². The maximum atomic E-state index is 12.3. The molecule has 0 saturated carbocycles. The fourth-order valence-corrected chi connectivity index (χ4v) is 2.72. The molecule has 0 aliphatic rings. The minimum atomic E-state index is -0.717. The van der Waals surface area contributed by atoms with Crippen LogP contribution in [0.25, 0.3) is 11.0 Å². The van der Waals surface area contributed by atoms with Crippen LogP contribution in [0.5, 0.6) is 11.5 Å². The molecule has 0 aliphatic heterocycles. The van der Waals surface area contributed by atoms with Gasteiger partial charge < -0.3 is 19.9 Å². The molecule has 0 spiro atoms. The maximum Gasteiger partial charge on any atom is 0.340 e. The number of rotatable bonds is 3. The van der Waals surface area contributed by atoms with Crippen LogP contribution in [0.4, 0.5) is 5.69 Å². The van der Waals surface area contributed by atoms with Gasteiger partial charge in [0.15, 0.2) is 11.3 Å². The molecule has 0 bridgehead atoms. The number of benzene rings is 2. The molecule has 0 unspecified atom stereocenters. The molecule has 3 rings (SSSR count). The first-order chi connectivity index (χ1) is 11.9. The third-order valence-electron chi connectivity index (χ3n) is 4.05. The van der Waals surface area contributed by atoms with E-state index < -0.39 is 11.4 Å². The Morgan fingerprint density at radius 2 is 1.92 bits per heavy atom. The van der Waals surface area contributed by atoms with E-state index in [2.05, 4.69) is 5.32 Å². The van der Waals surface area contributed by atoms with E-state index in [1.54, 1.807) is 13.0 Å². The van der Waals surface area contributed by atoms with Gasteiger partial charge in [-0.1, -0.05) is 12.1 Å². The number of hydrogen-bond acceptors (Lipinski definition) is 5. The Balaban J connectivity index is 1.95. The van der Waals surface area contributed by atoms with Crippen LogP contribution in [-0.4, -0.2) is 16.1 Å². The van der Waals surface area contributed by atoms with E-state index in [0.717, 1.165) is 5.56 Å². The van der Waals surface area contributed by atoms with Gasteiger partial charge in [0.1, 0.15) is 0 Å². The van der Waals surface area contributed by atoms with E-state index >= 15 is 0 Å². The van der Waals surface area contributed by atoms with Crippen molar-refractivity contribution in [1.82, 2.24) is 0 Å². The van der Waals surface area contributed by atoms with E-state index in [9.17, 15) is 19.8 Å². The van der Waals surface area contributed by atoms with Gasteiger partial charge >= 0.3 is 5.63 Å². The topological polar surface area (TPSA) is 99.8 Å². The maximum absolute atomic E-state index is 12.3. The molecule has 6 heteroatoms. The minimum absolute atomic E-state index is 0.0923. The van der Waals surface area contributed by atoms with Crippen molar-refractivity contribution in [3.8, 4) is 11.5 Å². The van der Waals surface area contributed by atoms with Crippen molar-refractivity contribution in [3.63, 3.8) is 0 Å². The number of nitrogens with one attached hydrogen (secondary N) is 1. The normalized spacial score (nSPS) is 10.8. The first kappa shape index (κ1) is 16.6. The van der Waals surface area contributed by atoms with Crippen LogP contribution in [-0.2, 0) is 11.2 Å². The standard InChI is InChI=1S/C19H17NO5/c1-10-4-3-5-12(8-10)20-16(22)9-14-11(2)13-6-7-15(21)17(23)18(13)25-19(14)24/h3-8,21,23H,9H2,1-2H3,(H,20,22). The largest absolute Gasteiger partial charge is 0.504 e. The summed E-state index contributed by atoms with van der Waals surface area (Å²) in [6, 6.07) is 10.2. The van der Waals surface area contributed by atoms with E-state index in [1.807, 2.05) is 25.1 Å². The van der Waals surface area contributed by atoms with E-state index in [4.69, 9.17) is 4.42 Å². The van der Waals surface area contributed by atoms with Crippen LogP contribution in [0.2, 0.25) is 0 Å². The lowest BCUT2D eigenvalue weighted by Gasteiger charge is -2.10. The third kappa shape index (κ3) is 3.19. The predicted octanol–water partition coefficient (Wildman–Crippen LogP) is 3.00. The first-order valence-electron chi connectivity index (χ1n) is 7.70. The van der Waals surface area contributed by atoms with Gasteiger partial charge in [0.2, 0.25) is 11.7 Å². The highest BCUT2D eigenvalue weighted by molar-refractivity contribution is 5.94. The summed E-state index contributed by atoms with van der Waals surface area (Å²) in [5, 5.41) is 22.6. The van der Waals surface area contributed by atoms with Gasteiger partial charge in [-0.2, -0.15) is 0 Å². The molecule has 3 aromatic rings. The minimum Gasteiger partial charge on any atom is -0.504 e. The fraction of sp³-hybridized carbons (Fsp3) is 0.158. The molecule has 0 atom stereocenters. The summed E-state index contributed by atoms with van der Waals surface area (Å²) < 4.78 is 5.11. The molecule has 0 aliphatic carbocycles. The van der Waals surface area contributed by atoms with Crippen molar-refractivity contribution in [2.45, 2.75) is 20.3 Å². The molecule has 25 heavy (non-hydrogen) atoms. The second-order valence-corrected chi connectivity index (χ2v) is 5.90. The van der Waals surface area contributed by atoms with Crippen molar-refractivity contribution >= 4 is 22.6 Å². The number of anilines is 1. The lowest BCUT2D eigenvalue weighted by atomic mass is 10.0. The van der Waals surface area contributed by atoms with Gasteiger partial charge in [-0.05, 0) is 49.2 Å². The zero-order valence-corrected chi connectivity index (χ0v) is 13.8. The lowest BCUT2D eigenvalue weighted by molar-refractivity contribution is -0.115. The Morgan fingerprint density at radius 3 is 2.64 bits per heavy atom. The smallest absolute Gasteiger partial charge is 0.340 e. The summed E-state index contributed by atoms with van der Waals surface area (Å²) in [7, 11) is 0. The Bertz CT molecular complexity index is 1040. The Kier molecular flexibility index (Phi) is 4.19. The van der Waals surface area contributed by atoms with Crippen molar-refractivity contribution in [3.05, 3.63) is 63.5 Å². The van der Waals surface area contributed by atoms with Crippen LogP contribution in [0.1, 0.15) is 16.7 Å². The number of amides is 1. The Morgan fingerprint density at radius 1 is 1.16 bits per heavy atom. The summed E-state index contributed by atoms with van der Waals surface area (Å²) in [5.74, 6) is -1.21. The number of carbonyl (C=O) groups excluding carboxylic acids is 1. The number of carbonyl (C=O) groups is 1. The number of phenols is 2. The SMILES string of the molecule is Cc1cccc(NC(=O)Cc2c(C)c3ccc(O)c(O)c3oc2=O)c1. The summed E-state index contributed by atoms with van der Waals surface area (Å²) in [4.78, 5) is 24.5. The molecule has 1 amide bonds. The van der Waals surface area contributed by atoms with E-state index in [0.29, 0.717) is 16.6 Å². The second-order valence-electron chi connectivity index (χ2n) is 5.90. The van der Waals surface area contributed by atoms with Crippen molar-refractivity contribution in [1.29, 1.82) is 0 Å². The van der Waals surface area contributed by atoms with Crippen LogP contribution >= 0.6 is 0 Å². The number of hydrogen-bond donors (Lipinski definition) is 3. The van der Waals surface area contributed by atoms with Crippen LogP contribution in [0.3, 0.4) is 0 Å². The zero-order valence-electron chi connectivity index (χ0n) is 13.8. The molecule has 0 fully saturated rings. The first-order valence-corrected chi connectivity index (χ1v) is 7.70. The summed E-state index contributed by atoms with van der Waals surface area (Å²) in [6.07, 6.45) is -0.153. The highest BCUT2D eigenvalue weighted by Crippen LogP contribution is 2.34. The molecule has 6 nitrogen and oxygen atoms in total. The number of fused-ring (bicyclic) bond motifs is 1. The average Bonchev–Trinajstić information content (AvgIpc) is 2.55. The second kappa shape index (κ2) is 6.32. The zero-order chi connectivity index (χ0) is 18.1. The molecule has 3 N–H and O–H groups in total. The van der Waals surface area contributed by atoms with Crippen molar-refractivity contribution < 1.29 is 19.4 Å². The highest BCUT2D eigenvalue weighted by atomic mass is 16.4. The Hall–Kier alpha value is -3.28. The summed E-state index contributed by atoms with van der Waals surface area (Å²) in [5.41, 5.74) is 1.59. The Labute approximate surface area is 143 Å². The number of phenolic OH excluding ortho intramolecular Hbond substituents is 2. The van der Waals surface area contributed by atoms with E-state index in [-0.39, 0.29) is 29.2 Å². The predicted molar refractivity (Wildman–Crippen MR) is 94.1 cm³/mol. The lowest BCUT2D eigenvalue weighted by Crippen LogP contribution is -2.20. The van der Waals surface area contributed by atoms with Gasteiger partial charge in [0, 0.05) is 11.1 Å². The fourth-order valence-electron chi connectivity index (χ4n) is 2.72. The van der Waals surface area contributed by atoms with Crippen molar-refractivity contribution in [2.75, 3.05) is 5.32 Å². The molecular weight excluding hydrogens is 322 g/mol. The van der Waals surface area contributed by atoms with Crippen LogP contribution in [0.15, 0.2) is 45.6 Å². The molecule has 1 heterocycles. The molecule has 0 saturated heterocycles. The van der Waals surface area contributed by atoms with Gasteiger partial charge in [0.05, 0.1) is 12.0 Å². The van der Waals surface area contributed by atoms with Crippen LogP contribution in [0, 0.1) is 13.8 Å². The summed E-state index contributed by atoms with van der Waals surface area (Å²) >= 11 is 0. The van der Waals surface area contributed by atoms with Crippen LogP contribution < -0.4 is 10.9 Å². The molecule has 2 aromatic carbocycles. The third-order valence-corrected chi connectivity index (χ3v) is 4.05. The number of aryl methyl sites for hydroxylation is 2. The van der Waals surface area contributed by atoms with Crippen molar-refractivity contribution in [2.24, 2.45) is 0 Å². The van der Waals surface area contributed by atoms with Gasteiger partial charge in [0.25, 0.3) is 0 Å². The average molecular weight is 339 g/mol. The van der Waals surface area contributed by atoms with Gasteiger partial charge in [-0.3, -0.25) is 4.79 Å². The quantitative estimate of drug-likeness (QED) is 0.503. The number of aromatic hydroxyl groups is 2. The molecular formula is C19H17NO5. The van der Waals surface area contributed by atoms with Gasteiger partial charge in [-0.25, -0.2) is 4.79 Å². The molecule has 1 aromatic heterocycles. The molecule has 0 radical (unpaired) electrons. The summed E-state index contributed by atoms with van der Waals surface area (Å²) in [6.45, 7) is 3.59. The highest BCUT2D eigenvalue weighted by Gasteiger charge is 2.18. The molecule has 128 valence electrons.